The van der Waals surface area contributed by atoms with Gasteiger partial charge in [0.2, 0.25) is 0 Å². The molecule has 28 heavy (non-hydrogen) atoms. The summed E-state index contributed by atoms with van der Waals surface area (Å²) >= 11 is 0. The van der Waals surface area contributed by atoms with Crippen molar-refractivity contribution in [2.75, 3.05) is 0 Å². The van der Waals surface area contributed by atoms with Crippen molar-refractivity contribution in [1.29, 1.82) is 10.8 Å². The van der Waals surface area contributed by atoms with E-state index in [-0.39, 0.29) is 17.5 Å². The molecular formula is C23H24N4O. The summed E-state index contributed by atoms with van der Waals surface area (Å²) < 4.78 is 0. The van der Waals surface area contributed by atoms with Crippen LogP contribution in [0.3, 0.4) is 0 Å². The van der Waals surface area contributed by atoms with Crippen LogP contribution in [0.5, 0.6) is 0 Å². The summed E-state index contributed by atoms with van der Waals surface area (Å²) in [6, 6.07) is 14.7. The number of nitrogens with two attached hydrogens (primary N) is 2. The average Bonchev–Trinajstić information content (AvgIpc) is 2.84. The molecule has 0 bridgehead atoms. The maximum Gasteiger partial charge on any atom is 0.185 e. The summed E-state index contributed by atoms with van der Waals surface area (Å²) in [5.41, 5.74) is 15.7. The van der Waals surface area contributed by atoms with E-state index in [0.717, 1.165) is 48.0 Å². The van der Waals surface area contributed by atoms with E-state index in [4.69, 9.17) is 22.3 Å². The molecule has 0 spiro atoms. The van der Waals surface area contributed by atoms with Crippen LogP contribution in [0, 0.1) is 10.8 Å². The van der Waals surface area contributed by atoms with Gasteiger partial charge in [-0.2, -0.15) is 0 Å². The second-order valence-electron chi connectivity index (χ2n) is 6.95. The molecule has 5 heteroatoms. The van der Waals surface area contributed by atoms with Gasteiger partial charge in [0, 0.05) is 22.3 Å². The Kier molecular flexibility index (Phi) is 5.84. The zero-order valence-corrected chi connectivity index (χ0v) is 15.7. The third-order valence-electron chi connectivity index (χ3n) is 4.80. The van der Waals surface area contributed by atoms with E-state index in [1.165, 1.54) is 0 Å². The molecule has 1 aliphatic carbocycles. The number of nitrogen functional groups attached to an aromatic ring is 2. The van der Waals surface area contributed by atoms with Crippen LogP contribution in [0.15, 0.2) is 59.7 Å². The van der Waals surface area contributed by atoms with Crippen LogP contribution in [0.2, 0.25) is 0 Å². The molecule has 1 aliphatic rings. The molecule has 0 radical (unpaired) electrons. The number of nitrogens with one attached hydrogen (secondary N) is 2. The molecule has 0 aromatic heterocycles. The monoisotopic (exact) mass is 372 g/mol. The normalized spacial score (nSPS) is 17.5. The molecule has 6 N–H and O–H groups in total. The van der Waals surface area contributed by atoms with E-state index in [2.05, 4.69) is 0 Å². The lowest BCUT2D eigenvalue weighted by Crippen LogP contribution is -2.11. The van der Waals surface area contributed by atoms with E-state index < -0.39 is 0 Å². The number of allylic oxidation sites excluding steroid dienone is 2. The zero-order valence-electron chi connectivity index (χ0n) is 15.7. The first kappa shape index (κ1) is 19.3. The summed E-state index contributed by atoms with van der Waals surface area (Å²) in [4.78, 5) is 13.1. The van der Waals surface area contributed by atoms with E-state index >= 15 is 0 Å². The van der Waals surface area contributed by atoms with Crippen LogP contribution in [0.25, 0.3) is 12.2 Å². The maximum absolute atomic E-state index is 13.1. The summed E-state index contributed by atoms with van der Waals surface area (Å²) in [6.45, 7) is 0. The van der Waals surface area contributed by atoms with Crippen LogP contribution >= 0.6 is 0 Å². The van der Waals surface area contributed by atoms with Crippen molar-refractivity contribution in [2.45, 2.75) is 25.7 Å². The average molecular weight is 372 g/mol. The van der Waals surface area contributed by atoms with Gasteiger partial charge in [0.05, 0.1) is 0 Å². The van der Waals surface area contributed by atoms with Crippen molar-refractivity contribution >= 4 is 29.6 Å². The molecule has 0 amide bonds. The van der Waals surface area contributed by atoms with Gasteiger partial charge < -0.3 is 11.5 Å². The third-order valence-corrected chi connectivity index (χ3v) is 4.80. The van der Waals surface area contributed by atoms with Crippen LogP contribution < -0.4 is 11.5 Å². The van der Waals surface area contributed by atoms with Crippen LogP contribution in [0.1, 0.15) is 47.9 Å². The fourth-order valence-corrected chi connectivity index (χ4v) is 3.33. The Morgan fingerprint density at radius 1 is 0.786 bits per heavy atom. The number of Topliss-reactive ketones (excluding diaryl/α,β-unsaturated/α-hetero) is 1. The molecule has 5 nitrogen and oxygen atoms in total. The van der Waals surface area contributed by atoms with E-state index in [1.54, 1.807) is 12.1 Å². The number of carbonyl (C=O) groups is 1. The van der Waals surface area contributed by atoms with Crippen LogP contribution in [-0.4, -0.2) is 17.5 Å². The Balaban J connectivity index is 1.94. The fraction of sp³-hybridized carbons (Fsp3) is 0.174. The van der Waals surface area contributed by atoms with Gasteiger partial charge in [-0.15, -0.1) is 0 Å². The smallest absolute Gasteiger partial charge is 0.185 e. The molecule has 3 rings (SSSR count). The minimum Gasteiger partial charge on any atom is -0.384 e. The Labute approximate surface area is 164 Å². The first-order valence-electron chi connectivity index (χ1n) is 9.29. The topological polar surface area (TPSA) is 117 Å². The van der Waals surface area contributed by atoms with E-state index in [1.807, 2.05) is 48.6 Å². The van der Waals surface area contributed by atoms with E-state index in [0.29, 0.717) is 11.1 Å². The highest BCUT2D eigenvalue weighted by molar-refractivity contribution is 6.13. The number of rotatable bonds is 4. The highest BCUT2D eigenvalue weighted by Gasteiger charge is 2.19. The third kappa shape index (κ3) is 4.62. The molecule has 0 heterocycles. The van der Waals surface area contributed by atoms with Crippen molar-refractivity contribution < 1.29 is 4.79 Å². The predicted molar refractivity (Wildman–Crippen MR) is 114 cm³/mol. The number of hydrogen-bond acceptors (Lipinski definition) is 3. The molecule has 0 aliphatic heterocycles. The first-order valence-corrected chi connectivity index (χ1v) is 9.29. The highest BCUT2D eigenvalue weighted by Crippen LogP contribution is 2.27. The summed E-state index contributed by atoms with van der Waals surface area (Å²) in [6.07, 6.45) is 7.17. The van der Waals surface area contributed by atoms with Crippen LogP contribution in [0.4, 0.5) is 0 Å². The molecular weight excluding hydrogens is 348 g/mol. The lowest BCUT2D eigenvalue weighted by atomic mass is 9.97. The van der Waals surface area contributed by atoms with Gasteiger partial charge in [-0.25, -0.2) is 0 Å². The number of ketones is 1. The molecule has 1 fully saturated rings. The predicted octanol–water partition coefficient (Wildman–Crippen LogP) is 3.86. The Hall–Kier alpha value is -3.47. The van der Waals surface area contributed by atoms with Crippen LogP contribution in [-0.2, 0) is 4.79 Å². The molecule has 1 saturated carbocycles. The van der Waals surface area contributed by atoms with Crippen molar-refractivity contribution in [3.8, 4) is 0 Å². The van der Waals surface area contributed by atoms with Crippen molar-refractivity contribution in [2.24, 2.45) is 11.5 Å². The Morgan fingerprint density at radius 3 is 1.61 bits per heavy atom. The Bertz CT molecular complexity index is 922. The lowest BCUT2D eigenvalue weighted by Gasteiger charge is -2.07. The zero-order chi connectivity index (χ0) is 20.1. The van der Waals surface area contributed by atoms with Gasteiger partial charge in [0.15, 0.2) is 5.78 Å². The molecule has 2 aromatic rings. The fourth-order valence-electron chi connectivity index (χ4n) is 3.33. The van der Waals surface area contributed by atoms with Gasteiger partial charge >= 0.3 is 0 Å². The first-order chi connectivity index (χ1) is 13.4. The number of carbonyl (C=O) groups excluding carboxylic acids is 1. The number of benzene rings is 2. The standard InChI is InChI=1S/C23H24N4O/c24-22(25)19-9-3-5-15(13-19)11-17-7-1-2-8-18(21(17)28)12-16-6-4-10-20(14-16)23(26)27/h3-6,9-14H,1-2,7-8H2,(H3,24,25)(H3,26,27)/b17-11-,18-12-. The summed E-state index contributed by atoms with van der Waals surface area (Å²) in [7, 11) is 0. The maximum atomic E-state index is 13.1. The van der Waals surface area contributed by atoms with Gasteiger partial charge in [0.1, 0.15) is 11.7 Å². The van der Waals surface area contributed by atoms with Crippen molar-refractivity contribution in [3.05, 3.63) is 81.9 Å². The molecule has 0 atom stereocenters. The molecule has 2 aromatic carbocycles. The SMILES string of the molecule is N=C(N)c1cccc(/C=C2/CCCC/C(=C/c3cccc(C(=N)N)c3)C2=O)c1. The van der Waals surface area contributed by atoms with Crippen molar-refractivity contribution in [3.63, 3.8) is 0 Å². The van der Waals surface area contributed by atoms with Crippen molar-refractivity contribution in [1.82, 2.24) is 0 Å². The quantitative estimate of drug-likeness (QED) is 0.282. The second kappa shape index (κ2) is 8.48. The van der Waals surface area contributed by atoms with Gasteiger partial charge in [-0.3, -0.25) is 15.6 Å². The van der Waals surface area contributed by atoms with Gasteiger partial charge in [0.25, 0.3) is 0 Å². The molecule has 0 saturated heterocycles. The minimum atomic E-state index is 0.0124. The molecule has 0 unspecified atom stereocenters. The summed E-state index contributed by atoms with van der Waals surface area (Å²) in [5.74, 6) is 0.0794. The summed E-state index contributed by atoms with van der Waals surface area (Å²) in [5, 5.41) is 15.2. The van der Waals surface area contributed by atoms with Gasteiger partial charge in [-0.1, -0.05) is 36.4 Å². The van der Waals surface area contributed by atoms with Gasteiger partial charge in [-0.05, 0) is 61.1 Å². The number of amidine groups is 2. The number of hydrogen-bond donors (Lipinski definition) is 4. The minimum absolute atomic E-state index is 0.0124. The second-order valence-corrected chi connectivity index (χ2v) is 6.95. The largest absolute Gasteiger partial charge is 0.384 e. The highest BCUT2D eigenvalue weighted by atomic mass is 16.1. The van der Waals surface area contributed by atoms with E-state index in [9.17, 15) is 4.79 Å². The lowest BCUT2D eigenvalue weighted by molar-refractivity contribution is -0.112. The Morgan fingerprint density at radius 2 is 1.21 bits per heavy atom. The molecule has 142 valence electrons.